The molecule has 146 valence electrons. The standard InChI is InChI=1S/C23H32N2O2/c1-4-5-6-10-13-25-22(26)20(19-11-8-7-9-12-19)21(23(25)27)24-15-17(2)14-18(3)16-24/h7-9,11-12,17-18H,4-6,10,13-16H2,1-3H3. The fourth-order valence-electron chi connectivity index (χ4n) is 4.47. The SMILES string of the molecule is CCCCCCN1C(=O)C(c2ccccc2)=C(N2CC(C)CC(C)C2)C1=O. The van der Waals surface area contributed by atoms with Gasteiger partial charge in [-0.25, -0.2) is 0 Å². The third-order valence-electron chi connectivity index (χ3n) is 5.63. The molecule has 1 saturated heterocycles. The Kier molecular flexibility index (Phi) is 6.35. The molecule has 1 fully saturated rings. The van der Waals surface area contributed by atoms with Gasteiger partial charge in [0.1, 0.15) is 5.70 Å². The van der Waals surface area contributed by atoms with E-state index < -0.39 is 0 Å². The van der Waals surface area contributed by atoms with Gasteiger partial charge in [-0.3, -0.25) is 14.5 Å². The molecule has 0 aromatic heterocycles. The van der Waals surface area contributed by atoms with Crippen molar-refractivity contribution in [2.45, 2.75) is 52.9 Å². The van der Waals surface area contributed by atoms with E-state index in [4.69, 9.17) is 0 Å². The van der Waals surface area contributed by atoms with E-state index in [9.17, 15) is 9.59 Å². The minimum atomic E-state index is -0.122. The average Bonchev–Trinajstić information content (AvgIpc) is 2.89. The van der Waals surface area contributed by atoms with Crippen LogP contribution in [0.3, 0.4) is 0 Å². The number of likely N-dealkylation sites (tertiary alicyclic amines) is 1. The molecule has 2 unspecified atom stereocenters. The van der Waals surface area contributed by atoms with E-state index in [2.05, 4.69) is 25.7 Å². The Hall–Kier alpha value is -2.10. The van der Waals surface area contributed by atoms with Crippen LogP contribution in [0.15, 0.2) is 36.0 Å². The van der Waals surface area contributed by atoms with Crippen LogP contribution in [0, 0.1) is 11.8 Å². The zero-order chi connectivity index (χ0) is 19.4. The van der Waals surface area contributed by atoms with E-state index in [-0.39, 0.29) is 11.8 Å². The number of benzene rings is 1. The van der Waals surface area contributed by atoms with Crippen LogP contribution in [0.5, 0.6) is 0 Å². The van der Waals surface area contributed by atoms with Crippen molar-refractivity contribution in [1.29, 1.82) is 0 Å². The molecule has 1 aromatic carbocycles. The molecule has 2 amide bonds. The number of carbonyl (C=O) groups excluding carboxylic acids is 2. The number of imide groups is 1. The Morgan fingerprint density at radius 3 is 2.22 bits per heavy atom. The van der Waals surface area contributed by atoms with Gasteiger partial charge in [-0.2, -0.15) is 0 Å². The number of hydrogen-bond donors (Lipinski definition) is 0. The largest absolute Gasteiger partial charge is 0.366 e. The predicted octanol–water partition coefficient (Wildman–Crippen LogP) is 4.32. The second-order valence-electron chi connectivity index (χ2n) is 8.26. The summed E-state index contributed by atoms with van der Waals surface area (Å²) in [5.41, 5.74) is 2.07. The van der Waals surface area contributed by atoms with Crippen molar-refractivity contribution in [2.75, 3.05) is 19.6 Å². The normalized spacial score (nSPS) is 23.5. The Balaban J connectivity index is 1.92. The highest BCUT2D eigenvalue weighted by Crippen LogP contribution is 2.35. The number of nitrogens with zero attached hydrogens (tertiary/aromatic N) is 2. The van der Waals surface area contributed by atoms with Crippen LogP contribution in [0.25, 0.3) is 5.57 Å². The van der Waals surface area contributed by atoms with Crippen LogP contribution in [-0.2, 0) is 9.59 Å². The Morgan fingerprint density at radius 1 is 0.926 bits per heavy atom. The van der Waals surface area contributed by atoms with Gasteiger partial charge in [0.2, 0.25) is 0 Å². The average molecular weight is 369 g/mol. The predicted molar refractivity (Wildman–Crippen MR) is 109 cm³/mol. The highest BCUT2D eigenvalue weighted by atomic mass is 16.2. The number of amides is 2. The van der Waals surface area contributed by atoms with Crippen LogP contribution >= 0.6 is 0 Å². The monoisotopic (exact) mass is 368 g/mol. The van der Waals surface area contributed by atoms with Gasteiger partial charge in [0.15, 0.2) is 0 Å². The second kappa shape index (κ2) is 8.73. The lowest BCUT2D eigenvalue weighted by molar-refractivity contribution is -0.137. The van der Waals surface area contributed by atoms with Gasteiger partial charge in [-0.05, 0) is 30.2 Å². The van der Waals surface area contributed by atoms with Crippen LogP contribution in [-0.4, -0.2) is 41.2 Å². The van der Waals surface area contributed by atoms with E-state index in [0.717, 1.165) is 44.3 Å². The third-order valence-corrected chi connectivity index (χ3v) is 5.63. The highest BCUT2D eigenvalue weighted by molar-refractivity contribution is 6.35. The summed E-state index contributed by atoms with van der Waals surface area (Å²) in [6.45, 7) is 8.84. The van der Waals surface area contributed by atoms with Crippen LogP contribution in [0.2, 0.25) is 0 Å². The maximum atomic E-state index is 13.3. The van der Waals surface area contributed by atoms with Crippen LogP contribution < -0.4 is 0 Å². The summed E-state index contributed by atoms with van der Waals surface area (Å²) in [6, 6.07) is 9.69. The lowest BCUT2D eigenvalue weighted by Gasteiger charge is -2.37. The molecule has 27 heavy (non-hydrogen) atoms. The van der Waals surface area contributed by atoms with Crippen molar-refractivity contribution in [2.24, 2.45) is 11.8 Å². The molecule has 2 aliphatic rings. The van der Waals surface area contributed by atoms with Crippen molar-refractivity contribution in [1.82, 2.24) is 9.80 Å². The summed E-state index contributed by atoms with van der Waals surface area (Å²) in [4.78, 5) is 30.2. The number of hydrogen-bond acceptors (Lipinski definition) is 3. The zero-order valence-electron chi connectivity index (χ0n) is 16.9. The molecule has 1 aromatic rings. The maximum absolute atomic E-state index is 13.3. The lowest BCUT2D eigenvalue weighted by atomic mass is 9.91. The molecule has 0 saturated carbocycles. The fourth-order valence-corrected chi connectivity index (χ4v) is 4.47. The van der Waals surface area contributed by atoms with Gasteiger partial charge in [0, 0.05) is 19.6 Å². The fraction of sp³-hybridized carbons (Fsp3) is 0.565. The number of carbonyl (C=O) groups is 2. The van der Waals surface area contributed by atoms with Gasteiger partial charge in [0.25, 0.3) is 11.8 Å². The Morgan fingerprint density at radius 2 is 1.59 bits per heavy atom. The summed E-state index contributed by atoms with van der Waals surface area (Å²) in [5, 5.41) is 0. The summed E-state index contributed by atoms with van der Waals surface area (Å²) in [5.74, 6) is 0.833. The van der Waals surface area contributed by atoms with Gasteiger partial charge in [0.05, 0.1) is 5.57 Å². The smallest absolute Gasteiger partial charge is 0.277 e. The first kappa shape index (κ1) is 19.7. The molecule has 0 spiro atoms. The van der Waals surface area contributed by atoms with E-state index in [1.807, 2.05) is 30.3 Å². The quantitative estimate of drug-likeness (QED) is 0.531. The minimum Gasteiger partial charge on any atom is -0.366 e. The third kappa shape index (κ3) is 4.26. The van der Waals surface area contributed by atoms with Crippen molar-refractivity contribution >= 4 is 17.4 Å². The van der Waals surface area contributed by atoms with E-state index >= 15 is 0 Å². The first-order valence-corrected chi connectivity index (χ1v) is 10.4. The first-order valence-electron chi connectivity index (χ1n) is 10.4. The molecule has 4 nitrogen and oxygen atoms in total. The Bertz CT molecular complexity index is 700. The van der Waals surface area contributed by atoms with Crippen molar-refractivity contribution in [3.05, 3.63) is 41.6 Å². The summed E-state index contributed by atoms with van der Waals surface area (Å²) in [7, 11) is 0. The molecule has 2 atom stereocenters. The first-order chi connectivity index (χ1) is 13.0. The topological polar surface area (TPSA) is 40.6 Å². The highest BCUT2D eigenvalue weighted by Gasteiger charge is 2.42. The van der Waals surface area contributed by atoms with Crippen molar-refractivity contribution in [3.8, 4) is 0 Å². The number of rotatable bonds is 7. The summed E-state index contributed by atoms with van der Waals surface area (Å²) in [6.07, 6.45) is 5.40. The number of piperidine rings is 1. The molecular formula is C23H32N2O2. The summed E-state index contributed by atoms with van der Waals surface area (Å²) >= 11 is 0. The van der Waals surface area contributed by atoms with Crippen molar-refractivity contribution < 1.29 is 9.59 Å². The maximum Gasteiger partial charge on any atom is 0.277 e. The molecule has 0 radical (unpaired) electrons. The van der Waals surface area contributed by atoms with Crippen LogP contribution in [0.4, 0.5) is 0 Å². The lowest BCUT2D eigenvalue weighted by Crippen LogP contribution is -2.42. The second-order valence-corrected chi connectivity index (χ2v) is 8.26. The molecule has 4 heteroatoms. The molecule has 0 aliphatic carbocycles. The van der Waals surface area contributed by atoms with Gasteiger partial charge >= 0.3 is 0 Å². The molecule has 2 aliphatic heterocycles. The van der Waals surface area contributed by atoms with E-state index in [1.54, 1.807) is 0 Å². The Labute approximate surface area is 163 Å². The zero-order valence-corrected chi connectivity index (χ0v) is 16.9. The molecular weight excluding hydrogens is 336 g/mol. The van der Waals surface area contributed by atoms with Crippen molar-refractivity contribution in [3.63, 3.8) is 0 Å². The summed E-state index contributed by atoms with van der Waals surface area (Å²) < 4.78 is 0. The van der Waals surface area contributed by atoms with Crippen LogP contribution in [0.1, 0.15) is 58.4 Å². The molecule has 0 N–H and O–H groups in total. The molecule has 0 bridgehead atoms. The van der Waals surface area contributed by atoms with Gasteiger partial charge in [-0.15, -0.1) is 0 Å². The molecule has 2 heterocycles. The number of unbranched alkanes of at least 4 members (excludes halogenated alkanes) is 3. The van der Waals surface area contributed by atoms with Gasteiger partial charge in [-0.1, -0.05) is 70.4 Å². The van der Waals surface area contributed by atoms with E-state index in [0.29, 0.717) is 29.7 Å². The van der Waals surface area contributed by atoms with Gasteiger partial charge < -0.3 is 4.90 Å². The minimum absolute atomic E-state index is 0.100. The van der Waals surface area contributed by atoms with E-state index in [1.165, 1.54) is 11.3 Å². The molecule has 3 rings (SSSR count).